The van der Waals surface area contributed by atoms with E-state index in [1.54, 1.807) is 12.4 Å². The Labute approximate surface area is 76.4 Å². The molecule has 1 heterocycles. The van der Waals surface area contributed by atoms with Gasteiger partial charge in [0, 0.05) is 18.4 Å². The molecule has 1 aromatic rings. The van der Waals surface area contributed by atoms with Gasteiger partial charge < -0.3 is 10.8 Å². The summed E-state index contributed by atoms with van der Waals surface area (Å²) in [6.45, 7) is 0. The molecule has 1 rings (SSSR count). The van der Waals surface area contributed by atoms with E-state index in [-0.39, 0.29) is 12.5 Å². The molecule has 0 bridgehead atoms. The van der Waals surface area contributed by atoms with E-state index in [1.165, 1.54) is 0 Å². The minimum Gasteiger partial charge on any atom is -0.481 e. The van der Waals surface area contributed by atoms with Crippen LogP contribution in [-0.2, 0) is 11.2 Å². The van der Waals surface area contributed by atoms with Crippen molar-refractivity contribution < 1.29 is 9.90 Å². The van der Waals surface area contributed by atoms with Gasteiger partial charge in [-0.15, -0.1) is 0 Å². The number of carbonyl (C=O) groups is 1. The van der Waals surface area contributed by atoms with Crippen LogP contribution in [0.2, 0.25) is 0 Å². The third-order valence-corrected chi connectivity index (χ3v) is 1.68. The van der Waals surface area contributed by atoms with Gasteiger partial charge in [0.05, 0.1) is 6.42 Å². The maximum Gasteiger partial charge on any atom is 0.304 e. The van der Waals surface area contributed by atoms with E-state index < -0.39 is 5.97 Å². The molecule has 3 N–H and O–H groups in total. The average Bonchev–Trinajstić information content (AvgIpc) is 2.04. The van der Waals surface area contributed by atoms with Crippen LogP contribution in [0.1, 0.15) is 12.0 Å². The number of nitrogens with zero attached hydrogens (tertiary/aromatic N) is 1. The third-order valence-electron chi connectivity index (χ3n) is 1.68. The van der Waals surface area contributed by atoms with Gasteiger partial charge in [-0.3, -0.25) is 9.78 Å². The van der Waals surface area contributed by atoms with Crippen molar-refractivity contribution in [2.45, 2.75) is 18.9 Å². The Morgan fingerprint density at radius 3 is 2.69 bits per heavy atom. The number of carboxylic acids is 1. The molecule has 0 saturated heterocycles. The van der Waals surface area contributed by atoms with Crippen molar-refractivity contribution in [1.29, 1.82) is 0 Å². The molecule has 0 aliphatic heterocycles. The van der Waals surface area contributed by atoms with E-state index in [4.69, 9.17) is 10.8 Å². The van der Waals surface area contributed by atoms with Crippen molar-refractivity contribution >= 4 is 5.97 Å². The first-order valence-electron chi connectivity index (χ1n) is 4.05. The van der Waals surface area contributed by atoms with Crippen molar-refractivity contribution in [2.75, 3.05) is 0 Å². The minimum atomic E-state index is -0.860. The van der Waals surface area contributed by atoms with Crippen LogP contribution < -0.4 is 5.73 Å². The first-order valence-corrected chi connectivity index (χ1v) is 4.05. The topological polar surface area (TPSA) is 76.2 Å². The largest absolute Gasteiger partial charge is 0.481 e. The zero-order chi connectivity index (χ0) is 9.68. The van der Waals surface area contributed by atoms with Crippen LogP contribution in [0, 0.1) is 0 Å². The average molecular weight is 180 g/mol. The highest BCUT2D eigenvalue weighted by atomic mass is 16.4. The molecule has 0 aliphatic rings. The molecule has 0 aliphatic carbocycles. The van der Waals surface area contributed by atoms with Gasteiger partial charge >= 0.3 is 5.97 Å². The van der Waals surface area contributed by atoms with Crippen LogP contribution in [0.4, 0.5) is 0 Å². The predicted molar refractivity (Wildman–Crippen MR) is 48.2 cm³/mol. The number of hydrogen-bond donors (Lipinski definition) is 2. The second kappa shape index (κ2) is 4.57. The molecule has 0 amide bonds. The van der Waals surface area contributed by atoms with Crippen LogP contribution in [0.15, 0.2) is 24.5 Å². The summed E-state index contributed by atoms with van der Waals surface area (Å²) in [6, 6.07) is 3.35. The lowest BCUT2D eigenvalue weighted by molar-refractivity contribution is -0.137. The number of carboxylic acid groups (broad SMARTS) is 1. The second-order valence-electron chi connectivity index (χ2n) is 2.92. The molecule has 1 unspecified atom stereocenters. The molecule has 70 valence electrons. The molecule has 0 fully saturated rings. The first-order chi connectivity index (χ1) is 6.18. The molecular weight excluding hydrogens is 168 g/mol. The van der Waals surface area contributed by atoms with Crippen molar-refractivity contribution in [3.05, 3.63) is 30.1 Å². The van der Waals surface area contributed by atoms with E-state index in [1.807, 2.05) is 12.1 Å². The van der Waals surface area contributed by atoms with Crippen LogP contribution in [0.3, 0.4) is 0 Å². The number of aliphatic carboxylic acids is 1. The maximum absolute atomic E-state index is 10.3. The van der Waals surface area contributed by atoms with Crippen molar-refractivity contribution in [3.63, 3.8) is 0 Å². The summed E-state index contributed by atoms with van der Waals surface area (Å²) < 4.78 is 0. The molecule has 0 aromatic carbocycles. The normalized spacial score (nSPS) is 12.4. The van der Waals surface area contributed by atoms with Gasteiger partial charge in [0.2, 0.25) is 0 Å². The molecule has 1 aromatic heterocycles. The lowest BCUT2D eigenvalue weighted by Gasteiger charge is -2.07. The molecular formula is C9H12N2O2. The Morgan fingerprint density at radius 2 is 2.15 bits per heavy atom. The number of rotatable bonds is 4. The highest BCUT2D eigenvalue weighted by Crippen LogP contribution is 2.02. The fraction of sp³-hybridized carbons (Fsp3) is 0.333. The van der Waals surface area contributed by atoms with Crippen molar-refractivity contribution in [2.24, 2.45) is 5.73 Å². The number of nitrogens with two attached hydrogens (primary N) is 1. The lowest BCUT2D eigenvalue weighted by Crippen LogP contribution is -2.26. The van der Waals surface area contributed by atoms with E-state index >= 15 is 0 Å². The summed E-state index contributed by atoms with van der Waals surface area (Å²) in [4.78, 5) is 14.2. The summed E-state index contributed by atoms with van der Waals surface area (Å²) >= 11 is 0. The lowest BCUT2D eigenvalue weighted by atomic mass is 10.1. The molecule has 0 spiro atoms. The quantitative estimate of drug-likeness (QED) is 0.704. The van der Waals surface area contributed by atoms with Gasteiger partial charge in [-0.2, -0.15) is 0 Å². The number of hydrogen-bond acceptors (Lipinski definition) is 3. The van der Waals surface area contributed by atoms with Gasteiger partial charge in [-0.05, 0) is 24.1 Å². The Kier molecular flexibility index (Phi) is 3.40. The van der Waals surface area contributed by atoms with Crippen LogP contribution in [0.25, 0.3) is 0 Å². The smallest absolute Gasteiger partial charge is 0.304 e. The van der Waals surface area contributed by atoms with Crippen LogP contribution in [-0.4, -0.2) is 22.1 Å². The first kappa shape index (κ1) is 9.67. The predicted octanol–water partition coefficient (Wildman–Crippen LogP) is 0.426. The zero-order valence-corrected chi connectivity index (χ0v) is 7.18. The Bertz CT molecular complexity index is 274. The molecule has 1 atom stereocenters. The van der Waals surface area contributed by atoms with Crippen molar-refractivity contribution in [3.8, 4) is 0 Å². The van der Waals surface area contributed by atoms with Crippen LogP contribution >= 0.6 is 0 Å². The van der Waals surface area contributed by atoms with Gasteiger partial charge in [-0.25, -0.2) is 0 Å². The summed E-state index contributed by atoms with van der Waals surface area (Å²) in [6.07, 6.45) is 3.92. The highest BCUT2D eigenvalue weighted by Gasteiger charge is 2.08. The zero-order valence-electron chi connectivity index (χ0n) is 7.18. The number of pyridine rings is 1. The summed E-state index contributed by atoms with van der Waals surface area (Å²) in [5.74, 6) is -0.860. The Morgan fingerprint density at radius 1 is 1.54 bits per heavy atom. The van der Waals surface area contributed by atoms with E-state index in [2.05, 4.69) is 4.98 Å². The van der Waals surface area contributed by atoms with Gasteiger partial charge in [-0.1, -0.05) is 0 Å². The van der Waals surface area contributed by atoms with E-state index in [0.717, 1.165) is 5.56 Å². The molecule has 0 radical (unpaired) electrons. The number of aromatic nitrogens is 1. The molecule has 0 saturated carbocycles. The highest BCUT2D eigenvalue weighted by molar-refractivity contribution is 5.67. The van der Waals surface area contributed by atoms with Crippen molar-refractivity contribution in [1.82, 2.24) is 4.98 Å². The Hall–Kier alpha value is -1.42. The fourth-order valence-corrected chi connectivity index (χ4v) is 1.12. The third kappa shape index (κ3) is 3.66. The standard InChI is InChI=1S/C9H12N2O2/c10-8(6-9(12)13)5-7-1-3-11-4-2-7/h1-4,8H,5-6,10H2,(H,12,13). The minimum absolute atomic E-state index is 0.00230. The van der Waals surface area contributed by atoms with E-state index in [0.29, 0.717) is 6.42 Å². The molecule has 13 heavy (non-hydrogen) atoms. The summed E-state index contributed by atoms with van der Waals surface area (Å²) in [7, 11) is 0. The Balaban J connectivity index is 2.45. The van der Waals surface area contributed by atoms with Gasteiger partial charge in [0.15, 0.2) is 0 Å². The monoisotopic (exact) mass is 180 g/mol. The maximum atomic E-state index is 10.3. The molecule has 4 nitrogen and oxygen atoms in total. The SMILES string of the molecule is NC(CC(=O)O)Cc1ccncc1. The summed E-state index contributed by atoms with van der Waals surface area (Å²) in [5.41, 5.74) is 6.62. The van der Waals surface area contributed by atoms with Gasteiger partial charge in [0.25, 0.3) is 0 Å². The second-order valence-corrected chi connectivity index (χ2v) is 2.92. The summed E-state index contributed by atoms with van der Waals surface area (Å²) in [5, 5.41) is 8.47. The van der Waals surface area contributed by atoms with Crippen LogP contribution in [0.5, 0.6) is 0 Å². The van der Waals surface area contributed by atoms with E-state index in [9.17, 15) is 4.79 Å². The molecule has 4 heteroatoms. The van der Waals surface area contributed by atoms with Gasteiger partial charge in [0.1, 0.15) is 0 Å². The fourth-order valence-electron chi connectivity index (χ4n) is 1.12.